The molecule has 4 heteroatoms. The molecule has 1 aromatic heterocycles. The third-order valence-electron chi connectivity index (χ3n) is 2.72. The Morgan fingerprint density at radius 2 is 2.06 bits per heavy atom. The molecule has 0 aliphatic heterocycles. The van der Waals surface area contributed by atoms with Crippen LogP contribution in [0.5, 0.6) is 0 Å². The van der Waals surface area contributed by atoms with Crippen molar-refractivity contribution in [3.63, 3.8) is 0 Å². The predicted octanol–water partition coefficient (Wildman–Crippen LogP) is 3.45. The van der Waals surface area contributed by atoms with Crippen molar-refractivity contribution in [2.24, 2.45) is 0 Å². The monoisotopic (exact) mass is 292 g/mol. The lowest BCUT2D eigenvalue weighted by molar-refractivity contribution is 0.101. The van der Waals surface area contributed by atoms with Crippen LogP contribution < -0.4 is 0 Å². The third-order valence-corrected chi connectivity index (χ3v) is 3.36. The molecule has 0 aliphatic rings. The van der Waals surface area contributed by atoms with Crippen molar-refractivity contribution in [1.82, 2.24) is 9.78 Å². The van der Waals surface area contributed by atoms with Gasteiger partial charge in [0, 0.05) is 4.47 Å². The minimum atomic E-state index is 0.0389. The van der Waals surface area contributed by atoms with Crippen LogP contribution in [0.1, 0.15) is 28.5 Å². The highest BCUT2D eigenvalue weighted by atomic mass is 79.9. The molecular weight excluding hydrogens is 280 g/mol. The van der Waals surface area contributed by atoms with Gasteiger partial charge in [-0.15, -0.1) is 0 Å². The van der Waals surface area contributed by atoms with Crippen LogP contribution in [0, 0.1) is 13.8 Å². The lowest BCUT2D eigenvalue weighted by atomic mass is 10.2. The largest absolute Gasteiger partial charge is 0.294 e. The molecule has 0 atom stereocenters. The standard InChI is InChI=1S/C13H13BrN2O/c1-8-4-5-13(12(14)6-8)16-9(2)11(7-15-16)10(3)17/h4-7H,1-3H3. The maximum Gasteiger partial charge on any atom is 0.163 e. The van der Waals surface area contributed by atoms with E-state index in [1.54, 1.807) is 17.8 Å². The number of aromatic nitrogens is 2. The van der Waals surface area contributed by atoms with Gasteiger partial charge in [-0.1, -0.05) is 6.07 Å². The molecule has 1 aromatic carbocycles. The number of rotatable bonds is 2. The van der Waals surface area contributed by atoms with E-state index in [0.29, 0.717) is 5.56 Å². The van der Waals surface area contributed by atoms with Gasteiger partial charge in [-0.05, 0) is 54.4 Å². The highest BCUT2D eigenvalue weighted by Crippen LogP contribution is 2.24. The maximum atomic E-state index is 11.4. The number of carbonyl (C=O) groups is 1. The lowest BCUT2D eigenvalue weighted by Gasteiger charge is -2.08. The normalized spacial score (nSPS) is 10.6. The van der Waals surface area contributed by atoms with Gasteiger partial charge in [0.15, 0.2) is 5.78 Å². The Morgan fingerprint density at radius 1 is 1.35 bits per heavy atom. The van der Waals surface area contributed by atoms with Gasteiger partial charge < -0.3 is 0 Å². The van der Waals surface area contributed by atoms with E-state index in [1.165, 1.54) is 5.56 Å². The molecule has 1 heterocycles. The van der Waals surface area contributed by atoms with Crippen molar-refractivity contribution < 1.29 is 4.79 Å². The molecule has 0 fully saturated rings. The van der Waals surface area contributed by atoms with Crippen molar-refractivity contribution in [3.05, 3.63) is 45.7 Å². The van der Waals surface area contributed by atoms with Gasteiger partial charge in [0.05, 0.1) is 23.1 Å². The molecule has 2 aromatic rings. The summed E-state index contributed by atoms with van der Waals surface area (Å²) in [6.45, 7) is 5.49. The third kappa shape index (κ3) is 2.17. The lowest BCUT2D eigenvalue weighted by Crippen LogP contribution is -2.02. The first kappa shape index (κ1) is 12.0. The van der Waals surface area contributed by atoms with Gasteiger partial charge in [-0.3, -0.25) is 4.79 Å². The zero-order chi connectivity index (χ0) is 12.6. The van der Waals surface area contributed by atoms with Crippen LogP contribution in [0.2, 0.25) is 0 Å². The molecule has 0 N–H and O–H groups in total. The summed E-state index contributed by atoms with van der Waals surface area (Å²) in [7, 11) is 0. The molecule has 88 valence electrons. The Balaban J connectivity index is 2.57. The van der Waals surface area contributed by atoms with E-state index in [9.17, 15) is 4.79 Å². The summed E-state index contributed by atoms with van der Waals surface area (Å²) < 4.78 is 2.75. The van der Waals surface area contributed by atoms with Gasteiger partial charge in [0.25, 0.3) is 0 Å². The molecule has 0 bridgehead atoms. The van der Waals surface area contributed by atoms with Crippen molar-refractivity contribution in [3.8, 4) is 5.69 Å². The number of hydrogen-bond acceptors (Lipinski definition) is 2. The van der Waals surface area contributed by atoms with E-state index in [1.807, 2.05) is 32.0 Å². The van der Waals surface area contributed by atoms with Crippen LogP contribution in [0.15, 0.2) is 28.9 Å². The first-order chi connectivity index (χ1) is 8.00. The predicted molar refractivity (Wildman–Crippen MR) is 70.7 cm³/mol. The van der Waals surface area contributed by atoms with E-state index in [0.717, 1.165) is 15.9 Å². The summed E-state index contributed by atoms with van der Waals surface area (Å²) in [5.74, 6) is 0.0389. The van der Waals surface area contributed by atoms with E-state index >= 15 is 0 Å². The minimum absolute atomic E-state index is 0.0389. The summed E-state index contributed by atoms with van der Waals surface area (Å²) in [6, 6.07) is 6.04. The zero-order valence-electron chi connectivity index (χ0n) is 9.99. The second-order valence-corrected chi connectivity index (χ2v) is 4.92. The molecule has 0 saturated carbocycles. The number of aryl methyl sites for hydroxylation is 1. The fourth-order valence-corrected chi connectivity index (χ4v) is 2.44. The first-order valence-electron chi connectivity index (χ1n) is 5.33. The van der Waals surface area contributed by atoms with Crippen LogP contribution >= 0.6 is 15.9 Å². The Morgan fingerprint density at radius 3 is 2.59 bits per heavy atom. The molecule has 2 rings (SSSR count). The van der Waals surface area contributed by atoms with Gasteiger partial charge >= 0.3 is 0 Å². The Hall–Kier alpha value is -1.42. The second-order valence-electron chi connectivity index (χ2n) is 4.07. The second kappa shape index (κ2) is 4.45. The highest BCUT2D eigenvalue weighted by Gasteiger charge is 2.13. The Labute approximate surface area is 109 Å². The van der Waals surface area contributed by atoms with Crippen molar-refractivity contribution in [2.75, 3.05) is 0 Å². The van der Waals surface area contributed by atoms with Crippen molar-refractivity contribution >= 4 is 21.7 Å². The van der Waals surface area contributed by atoms with E-state index in [4.69, 9.17) is 0 Å². The molecule has 0 radical (unpaired) electrons. The van der Waals surface area contributed by atoms with Crippen LogP contribution in [-0.4, -0.2) is 15.6 Å². The van der Waals surface area contributed by atoms with Crippen LogP contribution in [-0.2, 0) is 0 Å². The van der Waals surface area contributed by atoms with Gasteiger partial charge in [-0.2, -0.15) is 5.10 Å². The van der Waals surface area contributed by atoms with Crippen LogP contribution in [0.3, 0.4) is 0 Å². The Kier molecular flexibility index (Phi) is 3.15. The SMILES string of the molecule is CC(=O)c1cnn(-c2ccc(C)cc2Br)c1C. The molecular formula is C13H13BrN2O. The molecule has 0 saturated heterocycles. The average Bonchev–Trinajstić information content (AvgIpc) is 2.60. The van der Waals surface area contributed by atoms with Crippen molar-refractivity contribution in [2.45, 2.75) is 20.8 Å². The smallest absolute Gasteiger partial charge is 0.163 e. The number of hydrogen-bond donors (Lipinski definition) is 0. The minimum Gasteiger partial charge on any atom is -0.294 e. The fraction of sp³-hybridized carbons (Fsp3) is 0.231. The van der Waals surface area contributed by atoms with Crippen LogP contribution in [0.4, 0.5) is 0 Å². The number of benzene rings is 1. The maximum absolute atomic E-state index is 11.4. The number of ketones is 1. The number of carbonyl (C=O) groups excluding carboxylic acids is 1. The fourth-order valence-electron chi connectivity index (χ4n) is 1.78. The van der Waals surface area contributed by atoms with Gasteiger partial charge in [-0.25, -0.2) is 4.68 Å². The molecule has 0 amide bonds. The van der Waals surface area contributed by atoms with E-state index < -0.39 is 0 Å². The molecule has 0 spiro atoms. The number of Topliss-reactive ketones (excluding diaryl/α,β-unsaturated/α-hetero) is 1. The highest BCUT2D eigenvalue weighted by molar-refractivity contribution is 9.10. The quantitative estimate of drug-likeness (QED) is 0.795. The van der Waals surface area contributed by atoms with E-state index in [-0.39, 0.29) is 5.78 Å². The number of halogens is 1. The molecule has 17 heavy (non-hydrogen) atoms. The summed E-state index contributed by atoms with van der Waals surface area (Å²) >= 11 is 3.52. The average molecular weight is 293 g/mol. The zero-order valence-corrected chi connectivity index (χ0v) is 11.6. The Bertz CT molecular complexity index is 587. The first-order valence-corrected chi connectivity index (χ1v) is 6.12. The van der Waals surface area contributed by atoms with Crippen molar-refractivity contribution in [1.29, 1.82) is 0 Å². The number of nitrogens with zero attached hydrogens (tertiary/aromatic N) is 2. The van der Waals surface area contributed by atoms with E-state index in [2.05, 4.69) is 21.0 Å². The summed E-state index contributed by atoms with van der Waals surface area (Å²) in [5.41, 5.74) is 3.65. The summed E-state index contributed by atoms with van der Waals surface area (Å²) in [5, 5.41) is 4.26. The van der Waals surface area contributed by atoms with Gasteiger partial charge in [0.1, 0.15) is 0 Å². The van der Waals surface area contributed by atoms with Gasteiger partial charge in [0.2, 0.25) is 0 Å². The summed E-state index contributed by atoms with van der Waals surface area (Å²) in [6.07, 6.45) is 1.62. The molecule has 3 nitrogen and oxygen atoms in total. The molecule has 0 unspecified atom stereocenters. The molecule has 0 aliphatic carbocycles. The summed E-state index contributed by atoms with van der Waals surface area (Å²) in [4.78, 5) is 11.4. The topological polar surface area (TPSA) is 34.9 Å². The van der Waals surface area contributed by atoms with Crippen LogP contribution in [0.25, 0.3) is 5.69 Å².